The molecule has 2 N–H and O–H groups in total. The topological polar surface area (TPSA) is 84.2 Å². The SMILES string of the molecule is Cc1nn(C)c(C)c1C(=O)C(=O)NC(CCO)c1ccccc1. The normalized spacial score (nSPS) is 12.0. The van der Waals surface area contributed by atoms with E-state index in [-0.39, 0.29) is 6.61 Å². The van der Waals surface area contributed by atoms with Crippen LogP contribution in [-0.4, -0.2) is 33.2 Å². The van der Waals surface area contributed by atoms with E-state index >= 15 is 0 Å². The van der Waals surface area contributed by atoms with Gasteiger partial charge in [0.05, 0.1) is 17.3 Å². The van der Waals surface area contributed by atoms with Crippen molar-refractivity contribution in [2.75, 3.05) is 6.61 Å². The summed E-state index contributed by atoms with van der Waals surface area (Å²) in [6, 6.07) is 8.87. The molecule has 6 nitrogen and oxygen atoms in total. The number of aliphatic hydroxyl groups excluding tert-OH is 1. The van der Waals surface area contributed by atoms with Gasteiger partial charge in [-0.3, -0.25) is 14.3 Å². The van der Waals surface area contributed by atoms with Crippen molar-refractivity contribution in [3.8, 4) is 0 Å². The van der Waals surface area contributed by atoms with Crippen molar-refractivity contribution in [1.29, 1.82) is 0 Å². The Morgan fingerprint density at radius 2 is 1.91 bits per heavy atom. The van der Waals surface area contributed by atoms with Crippen molar-refractivity contribution in [2.24, 2.45) is 7.05 Å². The summed E-state index contributed by atoms with van der Waals surface area (Å²) in [5, 5.41) is 16.1. The molecule has 0 aliphatic rings. The van der Waals surface area contributed by atoms with Crippen LogP contribution in [0.2, 0.25) is 0 Å². The fraction of sp³-hybridized carbons (Fsp3) is 0.353. The Bertz CT molecular complexity index is 707. The maximum atomic E-state index is 12.4. The number of aliphatic hydroxyl groups is 1. The van der Waals surface area contributed by atoms with E-state index in [1.807, 2.05) is 30.3 Å². The van der Waals surface area contributed by atoms with Gasteiger partial charge in [0, 0.05) is 19.3 Å². The van der Waals surface area contributed by atoms with E-state index in [0.717, 1.165) is 5.56 Å². The lowest BCUT2D eigenvalue weighted by Crippen LogP contribution is -2.35. The number of carbonyl (C=O) groups excluding carboxylic acids is 2. The molecule has 0 saturated carbocycles. The van der Waals surface area contributed by atoms with Gasteiger partial charge in [0.2, 0.25) is 0 Å². The number of nitrogens with zero attached hydrogens (tertiary/aromatic N) is 2. The zero-order valence-corrected chi connectivity index (χ0v) is 13.5. The molecule has 0 aliphatic carbocycles. The standard InChI is InChI=1S/C17H21N3O3/c1-11-15(12(2)20(3)19-11)16(22)17(23)18-14(9-10-21)13-7-5-4-6-8-13/h4-8,14,21H,9-10H2,1-3H3,(H,18,23). The maximum Gasteiger partial charge on any atom is 0.293 e. The molecular weight excluding hydrogens is 294 g/mol. The van der Waals surface area contributed by atoms with Crippen molar-refractivity contribution in [1.82, 2.24) is 15.1 Å². The van der Waals surface area contributed by atoms with Crippen molar-refractivity contribution < 1.29 is 14.7 Å². The lowest BCUT2D eigenvalue weighted by molar-refractivity contribution is -0.117. The minimum atomic E-state index is -0.688. The zero-order valence-electron chi connectivity index (χ0n) is 13.5. The van der Waals surface area contributed by atoms with Gasteiger partial charge < -0.3 is 10.4 Å². The Labute approximate surface area is 135 Å². The number of aromatic nitrogens is 2. The highest BCUT2D eigenvalue weighted by molar-refractivity contribution is 6.43. The smallest absolute Gasteiger partial charge is 0.293 e. The number of rotatable bonds is 6. The average Bonchev–Trinajstić information content (AvgIpc) is 2.79. The monoisotopic (exact) mass is 315 g/mol. The van der Waals surface area contributed by atoms with Crippen molar-refractivity contribution in [3.63, 3.8) is 0 Å². The van der Waals surface area contributed by atoms with E-state index in [9.17, 15) is 14.7 Å². The van der Waals surface area contributed by atoms with Crippen LogP contribution in [0.25, 0.3) is 0 Å². The second-order valence-corrected chi connectivity index (χ2v) is 5.45. The highest BCUT2D eigenvalue weighted by atomic mass is 16.3. The summed E-state index contributed by atoms with van der Waals surface area (Å²) in [6.07, 6.45) is 0.341. The zero-order chi connectivity index (χ0) is 17.0. The van der Waals surface area contributed by atoms with E-state index in [1.165, 1.54) is 0 Å². The van der Waals surface area contributed by atoms with Gasteiger partial charge in [-0.25, -0.2) is 0 Å². The predicted octanol–water partition coefficient (Wildman–Crippen LogP) is 1.46. The first-order valence-electron chi connectivity index (χ1n) is 7.47. The number of benzene rings is 1. The maximum absolute atomic E-state index is 12.4. The van der Waals surface area contributed by atoms with E-state index in [4.69, 9.17) is 0 Å². The Kier molecular flexibility index (Phi) is 5.28. The van der Waals surface area contributed by atoms with Gasteiger partial charge in [-0.1, -0.05) is 30.3 Å². The Balaban J connectivity index is 2.20. The Morgan fingerprint density at radius 1 is 1.26 bits per heavy atom. The molecule has 0 saturated heterocycles. The minimum Gasteiger partial charge on any atom is -0.396 e. The number of carbonyl (C=O) groups is 2. The Morgan fingerprint density at radius 3 is 2.43 bits per heavy atom. The summed E-state index contributed by atoms with van der Waals surface area (Å²) in [5.41, 5.74) is 2.37. The van der Waals surface area contributed by atoms with E-state index in [0.29, 0.717) is 23.4 Å². The number of aryl methyl sites for hydroxylation is 2. The quantitative estimate of drug-likeness (QED) is 0.624. The third-order valence-corrected chi connectivity index (χ3v) is 3.87. The molecule has 0 bridgehead atoms. The third-order valence-electron chi connectivity index (χ3n) is 3.87. The second-order valence-electron chi connectivity index (χ2n) is 5.45. The highest BCUT2D eigenvalue weighted by Gasteiger charge is 2.26. The summed E-state index contributed by atoms with van der Waals surface area (Å²) < 4.78 is 1.58. The van der Waals surface area contributed by atoms with Crippen LogP contribution in [0, 0.1) is 13.8 Å². The van der Waals surface area contributed by atoms with E-state index in [2.05, 4.69) is 10.4 Å². The van der Waals surface area contributed by atoms with Crippen LogP contribution in [0.1, 0.15) is 39.8 Å². The summed E-state index contributed by atoms with van der Waals surface area (Å²) >= 11 is 0. The first-order valence-corrected chi connectivity index (χ1v) is 7.47. The van der Waals surface area contributed by atoms with E-state index < -0.39 is 17.7 Å². The Hall–Kier alpha value is -2.47. The average molecular weight is 315 g/mol. The molecular formula is C17H21N3O3. The summed E-state index contributed by atoms with van der Waals surface area (Å²) in [5.74, 6) is -1.29. The molecule has 2 aromatic rings. The number of ketones is 1. The summed E-state index contributed by atoms with van der Waals surface area (Å²) in [6.45, 7) is 3.37. The van der Waals surface area contributed by atoms with Gasteiger partial charge in [-0.15, -0.1) is 0 Å². The molecule has 0 spiro atoms. The first-order chi connectivity index (χ1) is 11.0. The number of amides is 1. The molecule has 1 aromatic heterocycles. The molecule has 23 heavy (non-hydrogen) atoms. The van der Waals surface area contributed by atoms with E-state index in [1.54, 1.807) is 25.6 Å². The lowest BCUT2D eigenvalue weighted by Gasteiger charge is -2.17. The molecule has 1 heterocycles. The number of nitrogens with one attached hydrogen (secondary N) is 1. The number of hydrogen-bond acceptors (Lipinski definition) is 4. The van der Waals surface area contributed by atoms with Crippen molar-refractivity contribution >= 4 is 11.7 Å². The highest BCUT2D eigenvalue weighted by Crippen LogP contribution is 2.18. The lowest BCUT2D eigenvalue weighted by atomic mass is 10.0. The predicted molar refractivity (Wildman–Crippen MR) is 86.0 cm³/mol. The summed E-state index contributed by atoms with van der Waals surface area (Å²) in [4.78, 5) is 24.8. The molecule has 0 radical (unpaired) electrons. The minimum absolute atomic E-state index is 0.0843. The first kappa shape index (κ1) is 16.9. The van der Waals surface area contributed by atoms with Gasteiger partial charge in [0.1, 0.15) is 0 Å². The molecule has 122 valence electrons. The van der Waals surface area contributed by atoms with Crippen LogP contribution in [-0.2, 0) is 11.8 Å². The fourth-order valence-corrected chi connectivity index (χ4v) is 2.58. The largest absolute Gasteiger partial charge is 0.396 e. The molecule has 2 rings (SSSR count). The van der Waals surface area contributed by atoms with Gasteiger partial charge >= 0.3 is 0 Å². The van der Waals surface area contributed by atoms with Crippen LogP contribution in [0.15, 0.2) is 30.3 Å². The molecule has 1 amide bonds. The summed E-state index contributed by atoms with van der Waals surface area (Å²) in [7, 11) is 1.73. The van der Waals surface area contributed by atoms with Gasteiger partial charge in [-0.2, -0.15) is 5.10 Å². The van der Waals surface area contributed by atoms with Crippen LogP contribution in [0.5, 0.6) is 0 Å². The molecule has 1 aromatic carbocycles. The van der Waals surface area contributed by atoms with Crippen LogP contribution < -0.4 is 5.32 Å². The second kappa shape index (κ2) is 7.19. The molecule has 6 heteroatoms. The van der Waals surface area contributed by atoms with Crippen LogP contribution >= 0.6 is 0 Å². The van der Waals surface area contributed by atoms with Crippen LogP contribution in [0.3, 0.4) is 0 Å². The molecule has 0 fully saturated rings. The van der Waals surface area contributed by atoms with Gasteiger partial charge in [0.25, 0.3) is 11.7 Å². The van der Waals surface area contributed by atoms with Crippen molar-refractivity contribution in [3.05, 3.63) is 52.8 Å². The van der Waals surface area contributed by atoms with Crippen molar-refractivity contribution in [2.45, 2.75) is 26.3 Å². The van der Waals surface area contributed by atoms with Crippen LogP contribution in [0.4, 0.5) is 0 Å². The molecule has 1 unspecified atom stereocenters. The fourth-order valence-electron chi connectivity index (χ4n) is 2.58. The molecule has 0 aliphatic heterocycles. The molecule has 1 atom stereocenters. The number of Topliss-reactive ketones (excluding diaryl/α,β-unsaturated/α-hetero) is 1. The van der Waals surface area contributed by atoms with Gasteiger partial charge in [-0.05, 0) is 25.8 Å². The number of hydrogen-bond donors (Lipinski definition) is 2. The van der Waals surface area contributed by atoms with Gasteiger partial charge in [0.15, 0.2) is 0 Å². The third kappa shape index (κ3) is 3.65.